The number of nitrogens with zero attached hydrogens (tertiary/aromatic N) is 2. The van der Waals surface area contributed by atoms with Crippen LogP contribution in [0.3, 0.4) is 0 Å². The summed E-state index contributed by atoms with van der Waals surface area (Å²) in [6.45, 7) is 5.04. The minimum Gasteiger partial charge on any atom is -0.368 e. The topological polar surface area (TPSA) is 52.6 Å². The third kappa shape index (κ3) is 4.40. The molecule has 0 aliphatic carbocycles. The van der Waals surface area contributed by atoms with Crippen molar-refractivity contribution in [3.63, 3.8) is 0 Å². The number of nitrogens with one attached hydrogen (secondary N) is 1. The Balaban J connectivity index is 1.30. The van der Waals surface area contributed by atoms with E-state index < -0.39 is 0 Å². The van der Waals surface area contributed by atoms with Crippen LogP contribution in [0.2, 0.25) is 0 Å². The van der Waals surface area contributed by atoms with Gasteiger partial charge in [0.15, 0.2) is 0 Å². The third-order valence-electron chi connectivity index (χ3n) is 5.41. The predicted molar refractivity (Wildman–Crippen MR) is 116 cm³/mol. The van der Waals surface area contributed by atoms with Gasteiger partial charge in [0, 0.05) is 37.4 Å². The number of carbonyl (C=O) groups is 2. The zero-order chi connectivity index (χ0) is 20.2. The standard InChI is InChI=1S/C24H25N3O2/c1-18-5-4-8-22(15-18)26-11-13-27(14-12-26)23(28)17-25-24(29)21-10-9-19-6-2-3-7-20(19)16-21/h2-10,15-16H,11-14,17H2,1H3,(H,25,29). The van der Waals surface area contributed by atoms with Crippen molar-refractivity contribution < 1.29 is 9.59 Å². The van der Waals surface area contributed by atoms with E-state index in [2.05, 4.69) is 41.4 Å². The number of hydrogen-bond donors (Lipinski definition) is 1. The lowest BCUT2D eigenvalue weighted by atomic mass is 10.1. The van der Waals surface area contributed by atoms with Crippen LogP contribution in [0.4, 0.5) is 5.69 Å². The number of carbonyl (C=O) groups excluding carboxylic acids is 2. The van der Waals surface area contributed by atoms with Gasteiger partial charge >= 0.3 is 0 Å². The van der Waals surface area contributed by atoms with Gasteiger partial charge in [-0.2, -0.15) is 0 Å². The van der Waals surface area contributed by atoms with Gasteiger partial charge < -0.3 is 15.1 Å². The van der Waals surface area contributed by atoms with Crippen LogP contribution in [0.25, 0.3) is 10.8 Å². The highest BCUT2D eigenvalue weighted by Crippen LogP contribution is 2.18. The van der Waals surface area contributed by atoms with Crippen LogP contribution in [0.5, 0.6) is 0 Å². The summed E-state index contributed by atoms with van der Waals surface area (Å²) in [6, 6.07) is 21.9. The first-order valence-corrected chi connectivity index (χ1v) is 9.96. The van der Waals surface area contributed by atoms with Crippen LogP contribution in [0.1, 0.15) is 15.9 Å². The Bertz CT molecular complexity index is 1040. The van der Waals surface area contributed by atoms with E-state index in [1.165, 1.54) is 11.3 Å². The van der Waals surface area contributed by atoms with E-state index in [0.29, 0.717) is 18.7 Å². The molecule has 29 heavy (non-hydrogen) atoms. The summed E-state index contributed by atoms with van der Waals surface area (Å²) in [7, 11) is 0. The fourth-order valence-corrected chi connectivity index (χ4v) is 3.74. The Morgan fingerprint density at radius 3 is 2.38 bits per heavy atom. The van der Waals surface area contributed by atoms with Crippen LogP contribution < -0.4 is 10.2 Å². The van der Waals surface area contributed by atoms with Crippen molar-refractivity contribution in [2.45, 2.75) is 6.92 Å². The zero-order valence-electron chi connectivity index (χ0n) is 16.6. The lowest BCUT2D eigenvalue weighted by molar-refractivity contribution is -0.130. The molecule has 2 amide bonds. The molecule has 1 saturated heterocycles. The number of benzene rings is 3. The second kappa shape index (κ2) is 8.35. The Morgan fingerprint density at radius 2 is 1.62 bits per heavy atom. The van der Waals surface area contributed by atoms with Gasteiger partial charge in [0.1, 0.15) is 0 Å². The molecule has 1 aliphatic rings. The Morgan fingerprint density at radius 1 is 0.862 bits per heavy atom. The largest absolute Gasteiger partial charge is 0.368 e. The summed E-state index contributed by atoms with van der Waals surface area (Å²) in [5, 5.41) is 4.87. The van der Waals surface area contributed by atoms with Gasteiger partial charge in [0.05, 0.1) is 6.54 Å². The fourth-order valence-electron chi connectivity index (χ4n) is 3.74. The molecule has 3 aromatic carbocycles. The molecule has 0 spiro atoms. The average Bonchev–Trinajstić information content (AvgIpc) is 2.77. The van der Waals surface area contributed by atoms with Gasteiger partial charge in [-0.3, -0.25) is 9.59 Å². The van der Waals surface area contributed by atoms with E-state index in [1.54, 1.807) is 6.07 Å². The lowest BCUT2D eigenvalue weighted by Crippen LogP contribution is -2.51. The van der Waals surface area contributed by atoms with Crippen LogP contribution in [0.15, 0.2) is 66.7 Å². The number of anilines is 1. The highest BCUT2D eigenvalue weighted by atomic mass is 16.2. The second-order valence-corrected chi connectivity index (χ2v) is 7.45. The third-order valence-corrected chi connectivity index (χ3v) is 5.41. The highest BCUT2D eigenvalue weighted by molar-refractivity contribution is 6.00. The quantitative estimate of drug-likeness (QED) is 0.748. The van der Waals surface area contributed by atoms with Gasteiger partial charge in [-0.05, 0) is 47.5 Å². The van der Waals surface area contributed by atoms with Crippen molar-refractivity contribution in [1.82, 2.24) is 10.2 Å². The first kappa shape index (κ1) is 19.0. The normalized spacial score (nSPS) is 14.1. The Hall–Kier alpha value is -3.34. The molecule has 0 aromatic heterocycles. The van der Waals surface area contributed by atoms with E-state index in [0.717, 1.165) is 23.9 Å². The molecule has 4 rings (SSSR count). The lowest BCUT2D eigenvalue weighted by Gasteiger charge is -2.36. The number of amides is 2. The summed E-state index contributed by atoms with van der Waals surface area (Å²) in [6.07, 6.45) is 0. The van der Waals surface area contributed by atoms with Crippen molar-refractivity contribution in [3.8, 4) is 0 Å². The van der Waals surface area contributed by atoms with Gasteiger partial charge in [-0.25, -0.2) is 0 Å². The minimum absolute atomic E-state index is 0.0239. The van der Waals surface area contributed by atoms with Crippen molar-refractivity contribution in [1.29, 1.82) is 0 Å². The van der Waals surface area contributed by atoms with E-state index in [-0.39, 0.29) is 18.4 Å². The van der Waals surface area contributed by atoms with Crippen LogP contribution in [-0.4, -0.2) is 49.4 Å². The minimum atomic E-state index is -0.220. The SMILES string of the molecule is Cc1cccc(N2CCN(C(=O)CNC(=O)c3ccc4ccccc4c3)CC2)c1. The van der Waals surface area contributed by atoms with Crippen molar-refractivity contribution in [2.75, 3.05) is 37.6 Å². The molecule has 5 heteroatoms. The summed E-state index contributed by atoms with van der Waals surface area (Å²) in [5.41, 5.74) is 3.00. The van der Waals surface area contributed by atoms with Crippen LogP contribution in [-0.2, 0) is 4.79 Å². The molecular weight excluding hydrogens is 362 g/mol. The number of hydrogen-bond acceptors (Lipinski definition) is 3. The first-order chi connectivity index (χ1) is 14.1. The first-order valence-electron chi connectivity index (χ1n) is 9.96. The molecule has 0 saturated carbocycles. The van der Waals surface area contributed by atoms with Gasteiger partial charge in [0.25, 0.3) is 5.91 Å². The highest BCUT2D eigenvalue weighted by Gasteiger charge is 2.21. The van der Waals surface area contributed by atoms with Gasteiger partial charge in [-0.1, -0.05) is 42.5 Å². The summed E-state index contributed by atoms with van der Waals surface area (Å²) < 4.78 is 0. The Kier molecular flexibility index (Phi) is 5.47. The molecule has 5 nitrogen and oxygen atoms in total. The van der Waals surface area contributed by atoms with Gasteiger partial charge in [0.2, 0.25) is 5.91 Å². The second-order valence-electron chi connectivity index (χ2n) is 7.45. The molecule has 1 fully saturated rings. The van der Waals surface area contributed by atoms with Crippen molar-refractivity contribution >= 4 is 28.3 Å². The number of piperazine rings is 1. The molecule has 0 radical (unpaired) electrons. The molecule has 0 atom stereocenters. The van der Waals surface area contributed by atoms with E-state index in [4.69, 9.17) is 0 Å². The van der Waals surface area contributed by atoms with Crippen molar-refractivity contribution in [2.24, 2.45) is 0 Å². The number of aryl methyl sites for hydroxylation is 1. The molecule has 0 unspecified atom stereocenters. The monoisotopic (exact) mass is 387 g/mol. The molecule has 148 valence electrons. The average molecular weight is 387 g/mol. The van der Waals surface area contributed by atoms with E-state index in [9.17, 15) is 9.59 Å². The van der Waals surface area contributed by atoms with Gasteiger partial charge in [-0.15, -0.1) is 0 Å². The van der Waals surface area contributed by atoms with E-state index in [1.807, 2.05) is 41.3 Å². The molecule has 0 bridgehead atoms. The maximum absolute atomic E-state index is 12.5. The van der Waals surface area contributed by atoms with E-state index >= 15 is 0 Å². The maximum atomic E-state index is 12.5. The predicted octanol–water partition coefficient (Wildman–Crippen LogP) is 3.23. The summed E-state index contributed by atoms with van der Waals surface area (Å²) in [4.78, 5) is 29.1. The summed E-state index contributed by atoms with van der Waals surface area (Å²) in [5.74, 6) is -0.259. The smallest absolute Gasteiger partial charge is 0.251 e. The van der Waals surface area contributed by atoms with Crippen molar-refractivity contribution in [3.05, 3.63) is 77.9 Å². The fraction of sp³-hybridized carbons (Fsp3) is 0.250. The zero-order valence-corrected chi connectivity index (χ0v) is 16.6. The molecule has 1 aliphatic heterocycles. The molecular formula is C24H25N3O2. The Labute approximate surface area is 170 Å². The molecule has 1 N–H and O–H groups in total. The summed E-state index contributed by atoms with van der Waals surface area (Å²) >= 11 is 0. The number of fused-ring (bicyclic) bond motifs is 1. The van der Waals surface area contributed by atoms with Crippen LogP contribution >= 0.6 is 0 Å². The number of rotatable bonds is 4. The molecule has 1 heterocycles. The maximum Gasteiger partial charge on any atom is 0.251 e. The molecule has 3 aromatic rings. The van der Waals surface area contributed by atoms with Crippen LogP contribution in [0, 0.1) is 6.92 Å².